The van der Waals surface area contributed by atoms with Crippen molar-refractivity contribution in [2.24, 2.45) is 0 Å². The van der Waals surface area contributed by atoms with E-state index in [-0.39, 0.29) is 5.56 Å². The molecule has 3 aromatic carbocycles. The molecule has 0 spiro atoms. The van der Waals surface area contributed by atoms with Crippen molar-refractivity contribution in [2.45, 2.75) is 17.8 Å². The summed E-state index contributed by atoms with van der Waals surface area (Å²) in [5.74, 6) is 1.35. The molecule has 1 heterocycles. The molecule has 4 rings (SSSR count). The second kappa shape index (κ2) is 8.85. The van der Waals surface area contributed by atoms with Crippen LogP contribution in [0.1, 0.15) is 18.1 Å². The second-order valence-electron chi connectivity index (χ2n) is 6.58. The third kappa shape index (κ3) is 4.07. The molecule has 148 valence electrons. The third-order valence-electron chi connectivity index (χ3n) is 4.57. The highest BCUT2D eigenvalue weighted by Gasteiger charge is 2.14. The number of thioether (sulfide) groups is 1. The van der Waals surface area contributed by atoms with Gasteiger partial charge in [-0.3, -0.25) is 9.36 Å². The Kier molecular flexibility index (Phi) is 5.82. The lowest BCUT2D eigenvalue weighted by atomic mass is 10.2. The molecule has 1 aromatic heterocycles. The van der Waals surface area contributed by atoms with Gasteiger partial charge in [0.1, 0.15) is 5.75 Å². The summed E-state index contributed by atoms with van der Waals surface area (Å²) in [5.41, 5.74) is 2.90. The van der Waals surface area contributed by atoms with Gasteiger partial charge in [-0.1, -0.05) is 36.0 Å². The van der Waals surface area contributed by atoms with Crippen LogP contribution in [0.25, 0.3) is 16.6 Å². The van der Waals surface area contributed by atoms with Gasteiger partial charge >= 0.3 is 0 Å². The molecule has 0 amide bonds. The first-order valence-electron chi connectivity index (χ1n) is 9.56. The molecule has 0 unspecified atom stereocenters. The molecule has 0 fully saturated rings. The number of hydrogen-bond acceptors (Lipinski definition) is 5. The molecule has 0 radical (unpaired) electrons. The van der Waals surface area contributed by atoms with Crippen molar-refractivity contribution in [3.8, 4) is 17.5 Å². The van der Waals surface area contributed by atoms with Gasteiger partial charge in [-0.25, -0.2) is 4.98 Å². The van der Waals surface area contributed by atoms with Crippen molar-refractivity contribution in [2.75, 3.05) is 6.61 Å². The minimum atomic E-state index is -0.113. The molecule has 0 aliphatic heterocycles. The van der Waals surface area contributed by atoms with Gasteiger partial charge in [0.15, 0.2) is 5.16 Å². The predicted octanol–water partition coefficient (Wildman–Crippen LogP) is 4.95. The molecule has 4 aromatic rings. The summed E-state index contributed by atoms with van der Waals surface area (Å²) >= 11 is 1.47. The molecule has 0 aliphatic carbocycles. The lowest BCUT2D eigenvalue weighted by Crippen LogP contribution is -2.21. The zero-order valence-corrected chi connectivity index (χ0v) is 17.2. The van der Waals surface area contributed by atoms with Crippen molar-refractivity contribution >= 4 is 22.7 Å². The first kappa shape index (κ1) is 19.7. The van der Waals surface area contributed by atoms with Crippen LogP contribution in [0.5, 0.6) is 5.75 Å². The Morgan fingerprint density at radius 1 is 1.07 bits per heavy atom. The van der Waals surface area contributed by atoms with Crippen LogP contribution < -0.4 is 10.3 Å². The summed E-state index contributed by atoms with van der Waals surface area (Å²) in [6.45, 7) is 2.52. The van der Waals surface area contributed by atoms with Gasteiger partial charge in [-0.05, 0) is 61.0 Å². The Labute approximate surface area is 178 Å². The molecular weight excluding hydrogens is 394 g/mol. The summed E-state index contributed by atoms with van der Waals surface area (Å²) in [7, 11) is 0. The van der Waals surface area contributed by atoms with E-state index in [4.69, 9.17) is 15.0 Å². The number of nitriles is 1. The summed E-state index contributed by atoms with van der Waals surface area (Å²) in [6, 6.07) is 24.4. The number of hydrogen-bond donors (Lipinski definition) is 0. The maximum atomic E-state index is 13.3. The van der Waals surface area contributed by atoms with Crippen LogP contribution >= 0.6 is 11.8 Å². The van der Waals surface area contributed by atoms with Crippen LogP contribution in [0.2, 0.25) is 0 Å². The number of benzene rings is 3. The molecule has 0 aliphatic rings. The molecule has 0 N–H and O–H groups in total. The van der Waals surface area contributed by atoms with E-state index in [1.165, 1.54) is 11.8 Å². The van der Waals surface area contributed by atoms with Crippen LogP contribution in [0.3, 0.4) is 0 Å². The van der Waals surface area contributed by atoms with E-state index >= 15 is 0 Å². The van der Waals surface area contributed by atoms with Gasteiger partial charge < -0.3 is 4.74 Å². The summed E-state index contributed by atoms with van der Waals surface area (Å²) in [5, 5.41) is 10.3. The Morgan fingerprint density at radius 3 is 2.63 bits per heavy atom. The van der Waals surface area contributed by atoms with Crippen LogP contribution in [-0.4, -0.2) is 16.2 Å². The zero-order chi connectivity index (χ0) is 20.9. The quantitative estimate of drug-likeness (QED) is 0.330. The van der Waals surface area contributed by atoms with Crippen molar-refractivity contribution in [3.63, 3.8) is 0 Å². The molecule has 6 heteroatoms. The van der Waals surface area contributed by atoms with E-state index in [2.05, 4.69) is 6.07 Å². The van der Waals surface area contributed by atoms with Crippen LogP contribution in [-0.2, 0) is 5.75 Å². The highest BCUT2D eigenvalue weighted by atomic mass is 32.2. The van der Waals surface area contributed by atoms with Gasteiger partial charge in [0.25, 0.3) is 5.56 Å². The van der Waals surface area contributed by atoms with Gasteiger partial charge in [0, 0.05) is 5.75 Å². The SMILES string of the molecule is CCOc1ccc(-n2c(SCc3cccc(C#N)c3)nc3ccccc3c2=O)cc1. The zero-order valence-electron chi connectivity index (χ0n) is 16.4. The average Bonchev–Trinajstić information content (AvgIpc) is 2.79. The van der Waals surface area contributed by atoms with Crippen molar-refractivity contribution in [1.82, 2.24) is 9.55 Å². The largest absolute Gasteiger partial charge is 0.494 e. The highest BCUT2D eigenvalue weighted by Crippen LogP contribution is 2.26. The maximum Gasteiger partial charge on any atom is 0.266 e. The average molecular weight is 414 g/mol. The number of rotatable bonds is 6. The topological polar surface area (TPSA) is 67.9 Å². The van der Waals surface area contributed by atoms with E-state index in [9.17, 15) is 4.79 Å². The first-order chi connectivity index (χ1) is 14.7. The van der Waals surface area contributed by atoms with Crippen molar-refractivity contribution in [3.05, 3.63) is 94.3 Å². The number of ether oxygens (including phenoxy) is 1. The van der Waals surface area contributed by atoms with Crippen LogP contribution in [0.15, 0.2) is 82.7 Å². The van der Waals surface area contributed by atoms with E-state index in [1.807, 2.05) is 67.6 Å². The Hall–Kier alpha value is -3.56. The van der Waals surface area contributed by atoms with E-state index < -0.39 is 0 Å². The van der Waals surface area contributed by atoms with E-state index in [1.54, 1.807) is 16.7 Å². The monoisotopic (exact) mass is 413 g/mol. The predicted molar refractivity (Wildman–Crippen MR) is 119 cm³/mol. The fourth-order valence-electron chi connectivity index (χ4n) is 3.17. The second-order valence-corrected chi connectivity index (χ2v) is 7.52. The van der Waals surface area contributed by atoms with Crippen LogP contribution in [0, 0.1) is 11.3 Å². The lowest BCUT2D eigenvalue weighted by molar-refractivity contribution is 0.340. The number of nitrogens with zero attached hydrogens (tertiary/aromatic N) is 3. The Bertz CT molecular complexity index is 1290. The van der Waals surface area contributed by atoms with Crippen LogP contribution in [0.4, 0.5) is 0 Å². The normalized spacial score (nSPS) is 10.7. The van der Waals surface area contributed by atoms with Crippen molar-refractivity contribution in [1.29, 1.82) is 5.26 Å². The fraction of sp³-hybridized carbons (Fsp3) is 0.125. The fourth-order valence-corrected chi connectivity index (χ4v) is 4.13. The minimum absolute atomic E-state index is 0.113. The lowest BCUT2D eigenvalue weighted by Gasteiger charge is -2.14. The molecule has 0 bridgehead atoms. The Morgan fingerprint density at radius 2 is 1.87 bits per heavy atom. The van der Waals surface area contributed by atoms with Gasteiger partial charge in [0.2, 0.25) is 0 Å². The summed E-state index contributed by atoms with van der Waals surface area (Å²) in [6.07, 6.45) is 0. The minimum Gasteiger partial charge on any atom is -0.494 e. The summed E-state index contributed by atoms with van der Waals surface area (Å²) < 4.78 is 7.16. The molecule has 0 saturated heterocycles. The molecule has 0 saturated carbocycles. The molecule has 5 nitrogen and oxygen atoms in total. The van der Waals surface area contributed by atoms with E-state index in [0.29, 0.717) is 34.0 Å². The molecule has 0 atom stereocenters. The smallest absolute Gasteiger partial charge is 0.266 e. The third-order valence-corrected chi connectivity index (χ3v) is 5.58. The molecular formula is C24H19N3O2S. The standard InChI is InChI=1S/C24H19N3O2S/c1-2-29-20-12-10-19(11-13-20)27-23(28)21-8-3-4-9-22(21)26-24(27)30-16-18-7-5-6-17(14-18)15-25/h3-14H,2,16H2,1H3. The highest BCUT2D eigenvalue weighted by molar-refractivity contribution is 7.98. The number of fused-ring (bicyclic) bond motifs is 1. The number of para-hydroxylation sites is 1. The molecule has 30 heavy (non-hydrogen) atoms. The Balaban J connectivity index is 1.78. The van der Waals surface area contributed by atoms with Gasteiger partial charge in [-0.2, -0.15) is 5.26 Å². The van der Waals surface area contributed by atoms with Gasteiger partial charge in [0.05, 0.1) is 34.8 Å². The van der Waals surface area contributed by atoms with E-state index in [0.717, 1.165) is 17.0 Å². The summed E-state index contributed by atoms with van der Waals surface area (Å²) in [4.78, 5) is 18.1. The number of aromatic nitrogens is 2. The maximum absolute atomic E-state index is 13.3. The first-order valence-corrected chi connectivity index (χ1v) is 10.5. The van der Waals surface area contributed by atoms with Crippen molar-refractivity contribution < 1.29 is 4.74 Å². The van der Waals surface area contributed by atoms with Gasteiger partial charge in [-0.15, -0.1) is 0 Å².